The van der Waals surface area contributed by atoms with E-state index in [-0.39, 0.29) is 11.9 Å². The van der Waals surface area contributed by atoms with E-state index >= 15 is 0 Å². The van der Waals surface area contributed by atoms with Crippen molar-refractivity contribution in [3.63, 3.8) is 0 Å². The van der Waals surface area contributed by atoms with Crippen LogP contribution in [0, 0.1) is 12.8 Å². The fraction of sp³-hybridized carbons (Fsp3) is 0.500. The van der Waals surface area contributed by atoms with Gasteiger partial charge in [-0.1, -0.05) is 29.8 Å². The van der Waals surface area contributed by atoms with E-state index in [2.05, 4.69) is 36.5 Å². The normalized spacial score (nSPS) is 14.6. The van der Waals surface area contributed by atoms with Crippen molar-refractivity contribution in [1.29, 1.82) is 0 Å². The second-order valence-corrected chi connectivity index (χ2v) is 4.60. The maximum atomic E-state index is 11.2. The van der Waals surface area contributed by atoms with Gasteiger partial charge in [-0.15, -0.1) is 0 Å². The molecule has 3 heteroatoms. The second kappa shape index (κ2) is 5.82. The largest absolute Gasteiger partial charge is 0.464 e. The van der Waals surface area contributed by atoms with Crippen LogP contribution in [-0.2, 0) is 16.1 Å². The van der Waals surface area contributed by atoms with E-state index in [4.69, 9.17) is 4.74 Å². The Morgan fingerprint density at radius 2 is 2.06 bits per heavy atom. The fourth-order valence-electron chi connectivity index (χ4n) is 1.60. The third-order valence-electron chi connectivity index (χ3n) is 2.88. The zero-order chi connectivity index (χ0) is 12.1. The van der Waals surface area contributed by atoms with Crippen LogP contribution in [0.4, 0.5) is 0 Å². The van der Waals surface area contributed by atoms with Gasteiger partial charge in [0.25, 0.3) is 0 Å². The van der Waals surface area contributed by atoms with Crippen LogP contribution in [-0.4, -0.2) is 19.1 Å². The monoisotopic (exact) mass is 233 g/mol. The van der Waals surface area contributed by atoms with Gasteiger partial charge in [-0.25, -0.2) is 0 Å². The van der Waals surface area contributed by atoms with Crippen molar-refractivity contribution in [2.45, 2.75) is 26.3 Å². The van der Waals surface area contributed by atoms with E-state index in [1.165, 1.54) is 11.1 Å². The quantitative estimate of drug-likeness (QED) is 0.603. The lowest BCUT2D eigenvalue weighted by Gasteiger charge is -2.06. The average Bonchev–Trinajstić information content (AvgIpc) is 3.15. The summed E-state index contributed by atoms with van der Waals surface area (Å²) in [5.41, 5.74) is 2.52. The topological polar surface area (TPSA) is 38.3 Å². The third-order valence-corrected chi connectivity index (χ3v) is 2.88. The molecule has 92 valence electrons. The summed E-state index contributed by atoms with van der Waals surface area (Å²) in [4.78, 5) is 11.2. The first kappa shape index (κ1) is 12.1. The molecule has 1 aromatic rings. The molecule has 0 spiro atoms. The Labute approximate surface area is 102 Å². The minimum absolute atomic E-state index is 0.0258. The van der Waals surface area contributed by atoms with Crippen LogP contribution in [0.25, 0.3) is 0 Å². The van der Waals surface area contributed by atoms with Crippen LogP contribution in [0.15, 0.2) is 24.3 Å². The second-order valence-electron chi connectivity index (χ2n) is 4.60. The van der Waals surface area contributed by atoms with Crippen molar-refractivity contribution in [3.05, 3.63) is 35.4 Å². The molecule has 1 aromatic carbocycles. The lowest BCUT2D eigenvalue weighted by atomic mass is 10.1. The molecule has 2 rings (SSSR count). The molecular weight excluding hydrogens is 214 g/mol. The summed E-state index contributed by atoms with van der Waals surface area (Å²) < 4.78 is 5.12. The molecule has 1 aliphatic carbocycles. The summed E-state index contributed by atoms with van der Waals surface area (Å²) in [6, 6.07) is 8.42. The van der Waals surface area contributed by atoms with Crippen molar-refractivity contribution in [2.75, 3.05) is 13.2 Å². The van der Waals surface area contributed by atoms with Crippen molar-refractivity contribution in [1.82, 2.24) is 5.32 Å². The zero-order valence-corrected chi connectivity index (χ0v) is 10.2. The van der Waals surface area contributed by atoms with Crippen molar-refractivity contribution >= 4 is 5.97 Å². The van der Waals surface area contributed by atoms with Crippen molar-refractivity contribution < 1.29 is 9.53 Å². The first-order valence-corrected chi connectivity index (χ1v) is 6.18. The number of benzene rings is 1. The van der Waals surface area contributed by atoms with Crippen LogP contribution < -0.4 is 5.32 Å². The highest BCUT2D eigenvalue weighted by Gasteiger charge is 2.30. The van der Waals surface area contributed by atoms with Gasteiger partial charge in [0.1, 0.15) is 6.61 Å². The number of nitrogens with one attached hydrogen (secondary N) is 1. The molecule has 0 aromatic heterocycles. The number of aryl methyl sites for hydroxylation is 1. The number of carbonyl (C=O) groups is 1. The number of hydrogen-bond donors (Lipinski definition) is 1. The summed E-state index contributed by atoms with van der Waals surface area (Å²) in [5, 5.41) is 3.26. The van der Waals surface area contributed by atoms with E-state index in [1.807, 2.05) is 0 Å². The Bertz CT molecular complexity index is 368. The van der Waals surface area contributed by atoms with Gasteiger partial charge in [-0.05, 0) is 25.3 Å². The number of carbonyl (C=O) groups excluding carboxylic acids is 1. The lowest BCUT2D eigenvalue weighted by molar-refractivity contribution is -0.145. The smallest absolute Gasteiger partial charge is 0.308 e. The number of hydrogen-bond acceptors (Lipinski definition) is 3. The van der Waals surface area contributed by atoms with Gasteiger partial charge in [-0.2, -0.15) is 0 Å². The maximum absolute atomic E-state index is 11.2. The van der Waals surface area contributed by atoms with Crippen LogP contribution >= 0.6 is 0 Å². The Morgan fingerprint density at radius 3 is 2.71 bits per heavy atom. The molecule has 0 bridgehead atoms. The molecule has 1 aliphatic rings. The predicted octanol–water partition coefficient (Wildman–Crippen LogP) is 2.04. The zero-order valence-electron chi connectivity index (χ0n) is 10.2. The Morgan fingerprint density at radius 1 is 1.35 bits per heavy atom. The first-order chi connectivity index (χ1) is 8.25. The van der Waals surface area contributed by atoms with Gasteiger partial charge < -0.3 is 10.1 Å². The summed E-state index contributed by atoms with van der Waals surface area (Å²) >= 11 is 0. The van der Waals surface area contributed by atoms with Gasteiger partial charge in [-0.3, -0.25) is 4.79 Å². The van der Waals surface area contributed by atoms with E-state index in [1.54, 1.807) is 0 Å². The summed E-state index contributed by atoms with van der Waals surface area (Å²) in [5.74, 6) is 0.175. The molecule has 0 amide bonds. The van der Waals surface area contributed by atoms with Gasteiger partial charge >= 0.3 is 5.97 Å². The fourth-order valence-corrected chi connectivity index (χ4v) is 1.60. The SMILES string of the molecule is Cc1ccc(CNCCOC(=O)C2CC2)cc1. The van der Waals surface area contributed by atoms with Crippen LogP contribution in [0.2, 0.25) is 0 Å². The molecular formula is C14H19NO2. The minimum Gasteiger partial charge on any atom is -0.464 e. The maximum Gasteiger partial charge on any atom is 0.308 e. The van der Waals surface area contributed by atoms with Crippen LogP contribution in [0.1, 0.15) is 24.0 Å². The Balaban J connectivity index is 1.56. The molecule has 17 heavy (non-hydrogen) atoms. The average molecular weight is 233 g/mol. The molecule has 0 atom stereocenters. The Hall–Kier alpha value is -1.35. The van der Waals surface area contributed by atoms with Crippen LogP contribution in [0.5, 0.6) is 0 Å². The molecule has 1 fully saturated rings. The van der Waals surface area contributed by atoms with E-state index in [0.717, 1.165) is 19.4 Å². The summed E-state index contributed by atoms with van der Waals surface area (Å²) in [6.07, 6.45) is 2.02. The molecule has 0 aliphatic heterocycles. The molecule has 1 saturated carbocycles. The van der Waals surface area contributed by atoms with Gasteiger partial charge in [0.2, 0.25) is 0 Å². The van der Waals surface area contributed by atoms with E-state index in [9.17, 15) is 4.79 Å². The highest BCUT2D eigenvalue weighted by molar-refractivity contribution is 5.74. The number of esters is 1. The summed E-state index contributed by atoms with van der Waals surface area (Å²) in [7, 11) is 0. The molecule has 3 nitrogen and oxygen atoms in total. The molecule has 0 heterocycles. The van der Waals surface area contributed by atoms with E-state index < -0.39 is 0 Å². The number of ether oxygens (including phenoxy) is 1. The predicted molar refractivity (Wildman–Crippen MR) is 66.6 cm³/mol. The molecule has 0 saturated heterocycles. The third kappa shape index (κ3) is 4.19. The minimum atomic E-state index is -0.0258. The van der Waals surface area contributed by atoms with E-state index in [0.29, 0.717) is 13.2 Å². The molecule has 0 unspecified atom stereocenters. The highest BCUT2D eigenvalue weighted by atomic mass is 16.5. The van der Waals surface area contributed by atoms with Crippen LogP contribution in [0.3, 0.4) is 0 Å². The van der Waals surface area contributed by atoms with Gasteiger partial charge in [0.05, 0.1) is 5.92 Å². The van der Waals surface area contributed by atoms with Crippen molar-refractivity contribution in [2.24, 2.45) is 5.92 Å². The molecule has 1 N–H and O–H groups in total. The Kier molecular flexibility index (Phi) is 4.15. The van der Waals surface area contributed by atoms with Gasteiger partial charge in [0.15, 0.2) is 0 Å². The van der Waals surface area contributed by atoms with Gasteiger partial charge in [0, 0.05) is 13.1 Å². The number of rotatable bonds is 6. The van der Waals surface area contributed by atoms with Crippen molar-refractivity contribution in [3.8, 4) is 0 Å². The first-order valence-electron chi connectivity index (χ1n) is 6.18. The lowest BCUT2D eigenvalue weighted by Crippen LogP contribution is -2.21. The molecule has 0 radical (unpaired) electrons. The highest BCUT2D eigenvalue weighted by Crippen LogP contribution is 2.29. The standard InChI is InChI=1S/C14H19NO2/c1-11-2-4-12(5-3-11)10-15-8-9-17-14(16)13-6-7-13/h2-5,13,15H,6-10H2,1H3. The summed E-state index contributed by atoms with van der Waals surface area (Å²) in [6.45, 7) is 4.09.